The number of nitrogens with one attached hydrogen (secondary N) is 3. The Morgan fingerprint density at radius 2 is 1.74 bits per heavy atom. The highest BCUT2D eigenvalue weighted by atomic mass is 32.2. The summed E-state index contributed by atoms with van der Waals surface area (Å²) in [7, 11) is -3.77. The number of carbonyl (C=O) groups excluding carboxylic acids is 1. The fourth-order valence-electron chi connectivity index (χ4n) is 3.57. The molecule has 0 radical (unpaired) electrons. The van der Waals surface area contributed by atoms with E-state index in [9.17, 15) is 13.2 Å². The summed E-state index contributed by atoms with van der Waals surface area (Å²) in [6.45, 7) is 1.83. The molecule has 0 aliphatic heterocycles. The molecule has 7 nitrogen and oxygen atoms in total. The Morgan fingerprint density at radius 1 is 1.03 bits per heavy atom. The second kappa shape index (κ2) is 10.3. The van der Waals surface area contributed by atoms with Gasteiger partial charge in [0.2, 0.25) is 0 Å². The second-order valence-corrected chi connectivity index (χ2v) is 10.6. The summed E-state index contributed by atoms with van der Waals surface area (Å²) >= 11 is 1.69. The highest BCUT2D eigenvalue weighted by Crippen LogP contribution is 2.22. The van der Waals surface area contributed by atoms with E-state index in [0.717, 1.165) is 22.3 Å². The average molecular weight is 495 g/mol. The van der Waals surface area contributed by atoms with E-state index in [1.807, 2.05) is 49.6 Å². The molecule has 4 rings (SSSR count). The minimum absolute atomic E-state index is 0.0866. The Kier molecular flexibility index (Phi) is 7.23. The number of fused-ring (bicyclic) bond motifs is 1. The average Bonchev–Trinajstić information content (AvgIpc) is 3.27. The predicted molar refractivity (Wildman–Crippen MR) is 138 cm³/mol. The van der Waals surface area contributed by atoms with E-state index in [1.54, 1.807) is 23.9 Å². The number of anilines is 1. The molecule has 0 bridgehead atoms. The van der Waals surface area contributed by atoms with Crippen molar-refractivity contribution < 1.29 is 13.2 Å². The zero-order chi connectivity index (χ0) is 24.1. The fourth-order valence-corrected chi connectivity index (χ4v) is 5.17. The summed E-state index contributed by atoms with van der Waals surface area (Å²) < 4.78 is 28.1. The van der Waals surface area contributed by atoms with Gasteiger partial charge in [0.1, 0.15) is 5.82 Å². The first-order chi connectivity index (χ1) is 16.4. The standard InChI is InChI=1S/C25H26N4O3S2/c1-17-7-3-4-8-20(17)29-34(31,32)19-13-11-18(12-14-19)25(30)28-23(15-16-33-2)24-26-21-9-5-6-10-22(21)27-24/h3-14,23,29H,15-16H2,1-2H3,(H,26,27)(H,28,30). The summed E-state index contributed by atoms with van der Waals surface area (Å²) in [6, 6.07) is 20.5. The molecule has 0 aliphatic rings. The van der Waals surface area contributed by atoms with Gasteiger partial charge in [-0.2, -0.15) is 11.8 Å². The monoisotopic (exact) mass is 494 g/mol. The molecule has 0 saturated heterocycles. The van der Waals surface area contributed by atoms with Gasteiger partial charge in [-0.3, -0.25) is 9.52 Å². The first-order valence-corrected chi connectivity index (χ1v) is 13.7. The summed E-state index contributed by atoms with van der Waals surface area (Å²) in [4.78, 5) is 21.0. The minimum Gasteiger partial charge on any atom is -0.342 e. The summed E-state index contributed by atoms with van der Waals surface area (Å²) in [5, 5.41) is 3.04. The van der Waals surface area contributed by atoms with E-state index in [4.69, 9.17) is 0 Å². The SMILES string of the molecule is CSCCC(NC(=O)c1ccc(S(=O)(=O)Nc2ccccc2C)cc1)c1nc2ccccc2[nH]1. The maximum Gasteiger partial charge on any atom is 0.261 e. The topological polar surface area (TPSA) is 104 Å². The van der Waals surface area contributed by atoms with Crippen molar-refractivity contribution in [3.63, 3.8) is 0 Å². The molecule has 0 fully saturated rings. The number of aryl methyl sites for hydroxylation is 1. The Hall–Kier alpha value is -3.30. The van der Waals surface area contributed by atoms with Crippen molar-refractivity contribution in [2.24, 2.45) is 0 Å². The van der Waals surface area contributed by atoms with Gasteiger partial charge in [-0.05, 0) is 73.4 Å². The summed E-state index contributed by atoms with van der Waals surface area (Å²) in [5.41, 5.74) is 3.48. The van der Waals surface area contributed by atoms with Crippen LogP contribution in [0.1, 0.15) is 34.2 Å². The van der Waals surface area contributed by atoms with Crippen molar-refractivity contribution >= 4 is 44.4 Å². The number of nitrogens with zero attached hydrogens (tertiary/aromatic N) is 1. The lowest BCUT2D eigenvalue weighted by Crippen LogP contribution is -2.29. The molecule has 3 N–H and O–H groups in total. The number of amides is 1. The number of carbonyl (C=O) groups is 1. The number of thioether (sulfide) groups is 1. The van der Waals surface area contributed by atoms with Crippen molar-refractivity contribution in [1.82, 2.24) is 15.3 Å². The van der Waals surface area contributed by atoms with Crippen LogP contribution in [-0.2, 0) is 10.0 Å². The number of aromatic nitrogens is 2. The highest BCUT2D eigenvalue weighted by Gasteiger charge is 2.20. The normalized spacial score (nSPS) is 12.4. The van der Waals surface area contributed by atoms with Gasteiger partial charge < -0.3 is 10.3 Å². The van der Waals surface area contributed by atoms with Crippen LogP contribution in [0.5, 0.6) is 0 Å². The lowest BCUT2D eigenvalue weighted by Gasteiger charge is -2.16. The molecule has 34 heavy (non-hydrogen) atoms. The third-order valence-corrected chi connectivity index (χ3v) is 7.50. The van der Waals surface area contributed by atoms with Crippen LogP contribution in [0.4, 0.5) is 5.69 Å². The first-order valence-electron chi connectivity index (χ1n) is 10.8. The van der Waals surface area contributed by atoms with Crippen LogP contribution in [0.3, 0.4) is 0 Å². The van der Waals surface area contributed by atoms with E-state index in [1.165, 1.54) is 24.3 Å². The van der Waals surface area contributed by atoms with Gasteiger partial charge in [-0.25, -0.2) is 13.4 Å². The number of imidazole rings is 1. The largest absolute Gasteiger partial charge is 0.342 e. The minimum atomic E-state index is -3.77. The molecule has 0 saturated carbocycles. The zero-order valence-electron chi connectivity index (χ0n) is 18.9. The molecular weight excluding hydrogens is 468 g/mol. The van der Waals surface area contributed by atoms with Gasteiger partial charge in [-0.1, -0.05) is 30.3 Å². The lowest BCUT2D eigenvalue weighted by molar-refractivity contribution is 0.0934. The van der Waals surface area contributed by atoms with Crippen LogP contribution >= 0.6 is 11.8 Å². The summed E-state index contributed by atoms with van der Waals surface area (Å²) in [5.74, 6) is 1.26. The Balaban J connectivity index is 1.50. The number of hydrogen-bond acceptors (Lipinski definition) is 5. The van der Waals surface area contributed by atoms with Gasteiger partial charge >= 0.3 is 0 Å². The molecule has 1 atom stereocenters. The Morgan fingerprint density at radius 3 is 2.44 bits per heavy atom. The number of H-pyrrole nitrogens is 1. The summed E-state index contributed by atoms with van der Waals surface area (Å²) in [6.07, 6.45) is 2.72. The van der Waals surface area contributed by atoms with Gasteiger partial charge in [-0.15, -0.1) is 0 Å². The first kappa shape index (κ1) is 23.8. The van der Waals surface area contributed by atoms with Crippen molar-refractivity contribution in [3.8, 4) is 0 Å². The van der Waals surface area contributed by atoms with Crippen LogP contribution in [0.2, 0.25) is 0 Å². The van der Waals surface area contributed by atoms with E-state index in [-0.39, 0.29) is 16.8 Å². The molecule has 1 amide bonds. The van der Waals surface area contributed by atoms with Gasteiger partial charge in [0, 0.05) is 5.56 Å². The molecule has 1 heterocycles. The number of para-hydroxylation sites is 3. The number of rotatable bonds is 9. The Labute approximate surface area is 203 Å². The quantitative estimate of drug-likeness (QED) is 0.307. The van der Waals surface area contributed by atoms with E-state index in [0.29, 0.717) is 23.5 Å². The third-order valence-electron chi connectivity index (χ3n) is 5.47. The van der Waals surface area contributed by atoms with Crippen molar-refractivity contribution in [1.29, 1.82) is 0 Å². The molecular formula is C25H26N4O3S2. The smallest absolute Gasteiger partial charge is 0.261 e. The van der Waals surface area contributed by atoms with Crippen LogP contribution in [0, 0.1) is 6.92 Å². The number of benzene rings is 3. The molecule has 176 valence electrons. The number of aromatic amines is 1. The van der Waals surface area contributed by atoms with Crippen LogP contribution in [0.15, 0.2) is 77.7 Å². The fraction of sp³-hybridized carbons (Fsp3) is 0.200. The number of hydrogen-bond donors (Lipinski definition) is 3. The molecule has 1 aromatic heterocycles. The predicted octanol–water partition coefficient (Wildman–Crippen LogP) is 4.90. The van der Waals surface area contributed by atoms with E-state index in [2.05, 4.69) is 20.0 Å². The van der Waals surface area contributed by atoms with Crippen LogP contribution in [0.25, 0.3) is 11.0 Å². The van der Waals surface area contributed by atoms with E-state index < -0.39 is 10.0 Å². The Bertz CT molecular complexity index is 1370. The molecule has 3 aromatic carbocycles. The maximum absolute atomic E-state index is 13.0. The van der Waals surface area contributed by atoms with E-state index >= 15 is 0 Å². The van der Waals surface area contributed by atoms with Crippen molar-refractivity contribution in [3.05, 3.63) is 89.7 Å². The van der Waals surface area contributed by atoms with Gasteiger partial charge in [0.05, 0.1) is 27.7 Å². The lowest BCUT2D eigenvalue weighted by atomic mass is 10.1. The molecule has 0 aliphatic carbocycles. The van der Waals surface area contributed by atoms with Crippen LogP contribution < -0.4 is 10.0 Å². The molecule has 1 unspecified atom stereocenters. The van der Waals surface area contributed by atoms with Gasteiger partial charge in [0.25, 0.3) is 15.9 Å². The second-order valence-electron chi connectivity index (χ2n) is 7.89. The highest BCUT2D eigenvalue weighted by molar-refractivity contribution is 7.98. The van der Waals surface area contributed by atoms with Gasteiger partial charge in [0.15, 0.2) is 0 Å². The molecule has 0 spiro atoms. The maximum atomic E-state index is 13.0. The number of sulfonamides is 1. The zero-order valence-corrected chi connectivity index (χ0v) is 20.5. The molecule has 9 heteroatoms. The third kappa shape index (κ3) is 5.43. The molecule has 4 aromatic rings. The van der Waals surface area contributed by atoms with Crippen LogP contribution in [-0.4, -0.2) is 36.3 Å². The van der Waals surface area contributed by atoms with Crippen molar-refractivity contribution in [2.75, 3.05) is 16.7 Å². The van der Waals surface area contributed by atoms with Crippen molar-refractivity contribution in [2.45, 2.75) is 24.3 Å².